The lowest BCUT2D eigenvalue weighted by Gasteiger charge is -1.57. The lowest BCUT2D eigenvalue weighted by molar-refractivity contribution is 0.550. The molecule has 8 heavy (non-hydrogen) atoms. The Bertz CT molecular complexity index is 76.3. The third kappa shape index (κ3) is 3.34. The maximum Gasteiger partial charge on any atom is 0.317 e. The molecule has 0 aliphatic rings. The van der Waals surface area contributed by atoms with Gasteiger partial charge >= 0.3 is 12.5 Å². The zero-order valence-corrected chi connectivity index (χ0v) is 5.29. The summed E-state index contributed by atoms with van der Waals surface area (Å²) in [7, 11) is 0. The summed E-state index contributed by atoms with van der Waals surface area (Å²) in [5, 5.41) is 0. The molecule has 0 aliphatic carbocycles. The SMILES string of the molecule is CC.c1cc[o+]cc1. The summed E-state index contributed by atoms with van der Waals surface area (Å²) in [6.07, 6.45) is 3.25. The summed E-state index contributed by atoms with van der Waals surface area (Å²) in [6, 6.07) is 5.57. The molecule has 0 N–H and O–H groups in total. The summed E-state index contributed by atoms with van der Waals surface area (Å²) in [4.78, 5) is 0. The Morgan fingerprint density at radius 1 is 0.875 bits per heavy atom. The van der Waals surface area contributed by atoms with Crippen molar-refractivity contribution in [2.24, 2.45) is 0 Å². The van der Waals surface area contributed by atoms with Gasteiger partial charge in [-0.15, -0.1) is 0 Å². The fourth-order valence-electron chi connectivity index (χ4n) is 0.291. The lowest BCUT2D eigenvalue weighted by atomic mass is 10.6. The predicted octanol–water partition coefficient (Wildman–Crippen LogP) is 2.59. The first-order valence-corrected chi connectivity index (χ1v) is 2.80. The summed E-state index contributed by atoms with van der Waals surface area (Å²) in [6.45, 7) is 4.00. The van der Waals surface area contributed by atoms with E-state index < -0.39 is 0 Å². The van der Waals surface area contributed by atoms with Crippen molar-refractivity contribution in [3.8, 4) is 0 Å². The molecule has 44 valence electrons. The van der Waals surface area contributed by atoms with Gasteiger partial charge in [0.25, 0.3) is 0 Å². The number of hydrogen-bond acceptors (Lipinski definition) is 0. The van der Waals surface area contributed by atoms with Gasteiger partial charge in [-0.2, -0.15) is 0 Å². The van der Waals surface area contributed by atoms with E-state index in [1.165, 1.54) is 0 Å². The van der Waals surface area contributed by atoms with Crippen LogP contribution < -0.4 is 0 Å². The van der Waals surface area contributed by atoms with E-state index in [9.17, 15) is 0 Å². The Labute approximate surface area is 50.0 Å². The Kier molecular flexibility index (Phi) is 5.50. The number of rotatable bonds is 0. The van der Waals surface area contributed by atoms with Crippen LogP contribution in [-0.4, -0.2) is 0 Å². The Morgan fingerprint density at radius 3 is 1.50 bits per heavy atom. The molecule has 0 fully saturated rings. The highest BCUT2D eigenvalue weighted by Gasteiger charge is 1.72. The molecule has 1 aromatic heterocycles. The highest BCUT2D eigenvalue weighted by Crippen LogP contribution is 1.79. The van der Waals surface area contributed by atoms with Gasteiger partial charge in [0.05, 0.1) is 0 Å². The third-order valence-corrected chi connectivity index (χ3v) is 0.536. The zero-order chi connectivity index (χ0) is 6.24. The van der Waals surface area contributed by atoms with Crippen LogP contribution in [0.3, 0.4) is 0 Å². The summed E-state index contributed by atoms with van der Waals surface area (Å²) >= 11 is 0. The maximum atomic E-state index is 4.68. The van der Waals surface area contributed by atoms with Gasteiger partial charge in [0.1, 0.15) is 0 Å². The molecule has 0 saturated carbocycles. The second-order valence-corrected chi connectivity index (χ2v) is 0.986. The van der Waals surface area contributed by atoms with Crippen LogP contribution in [0.2, 0.25) is 0 Å². The molecular weight excluding hydrogens is 100 g/mol. The standard InChI is InChI=1S/C5H5O.C2H6/c1-2-4-6-5-3-1;1-2/h1-5H;1-2H3/q+1;. The van der Waals surface area contributed by atoms with Gasteiger partial charge < -0.3 is 0 Å². The van der Waals surface area contributed by atoms with Gasteiger partial charge in [-0.05, 0) is 6.07 Å². The Morgan fingerprint density at radius 2 is 1.38 bits per heavy atom. The van der Waals surface area contributed by atoms with Crippen molar-refractivity contribution in [2.75, 3.05) is 0 Å². The van der Waals surface area contributed by atoms with Gasteiger partial charge in [0.15, 0.2) is 0 Å². The average molecular weight is 111 g/mol. The molecule has 1 nitrogen and oxygen atoms in total. The van der Waals surface area contributed by atoms with Crippen LogP contribution in [0.5, 0.6) is 0 Å². The Balaban J connectivity index is 0.000000222. The molecule has 1 rings (SSSR count). The molecule has 1 heteroatoms. The van der Waals surface area contributed by atoms with Gasteiger partial charge in [-0.1, -0.05) is 13.8 Å². The Hall–Kier alpha value is -0.850. The van der Waals surface area contributed by atoms with E-state index in [1.807, 2.05) is 32.0 Å². The number of hydrogen-bond donors (Lipinski definition) is 0. The van der Waals surface area contributed by atoms with Crippen LogP contribution in [0.1, 0.15) is 13.8 Å². The smallest absolute Gasteiger partial charge is 0.224 e. The lowest BCUT2D eigenvalue weighted by Crippen LogP contribution is -1.47. The predicted molar refractivity (Wildman–Crippen MR) is 34.5 cm³/mol. The minimum atomic E-state index is 1.62. The van der Waals surface area contributed by atoms with Crippen LogP contribution in [0.15, 0.2) is 35.1 Å². The van der Waals surface area contributed by atoms with E-state index in [0.29, 0.717) is 0 Å². The van der Waals surface area contributed by atoms with Gasteiger partial charge in [0, 0.05) is 12.1 Å². The summed E-state index contributed by atoms with van der Waals surface area (Å²) < 4.78 is 4.68. The largest absolute Gasteiger partial charge is 0.317 e. The minimum absolute atomic E-state index is 1.62. The normalized spacial score (nSPS) is 6.75. The van der Waals surface area contributed by atoms with Crippen LogP contribution in [0.25, 0.3) is 0 Å². The fourth-order valence-corrected chi connectivity index (χ4v) is 0.291. The van der Waals surface area contributed by atoms with Crippen molar-refractivity contribution < 1.29 is 4.42 Å². The molecule has 0 unspecified atom stereocenters. The molecule has 0 aromatic carbocycles. The van der Waals surface area contributed by atoms with Gasteiger partial charge in [-0.3, -0.25) is 0 Å². The van der Waals surface area contributed by atoms with Crippen molar-refractivity contribution in [1.82, 2.24) is 0 Å². The average Bonchev–Trinajstić information content (AvgIpc) is 1.96. The first-order valence-electron chi connectivity index (χ1n) is 2.80. The molecule has 1 heterocycles. The van der Waals surface area contributed by atoms with Crippen molar-refractivity contribution in [3.05, 3.63) is 30.7 Å². The quantitative estimate of drug-likeness (QED) is 0.468. The molecule has 0 saturated heterocycles. The second kappa shape index (κ2) is 6.15. The van der Waals surface area contributed by atoms with E-state index in [0.717, 1.165) is 0 Å². The second-order valence-electron chi connectivity index (χ2n) is 0.986. The van der Waals surface area contributed by atoms with E-state index in [-0.39, 0.29) is 0 Å². The summed E-state index contributed by atoms with van der Waals surface area (Å²) in [5.41, 5.74) is 0. The molecule has 0 amide bonds. The molecule has 0 spiro atoms. The van der Waals surface area contributed by atoms with Crippen molar-refractivity contribution in [1.29, 1.82) is 0 Å². The summed E-state index contributed by atoms with van der Waals surface area (Å²) in [5.74, 6) is 0. The van der Waals surface area contributed by atoms with Crippen molar-refractivity contribution >= 4 is 0 Å². The zero-order valence-electron chi connectivity index (χ0n) is 5.29. The monoisotopic (exact) mass is 111 g/mol. The highest BCUT2D eigenvalue weighted by atomic mass is 16.3. The molecule has 0 bridgehead atoms. The molecule has 0 aliphatic heterocycles. The minimum Gasteiger partial charge on any atom is -0.224 e. The van der Waals surface area contributed by atoms with E-state index in [4.69, 9.17) is 0 Å². The van der Waals surface area contributed by atoms with Crippen LogP contribution in [-0.2, 0) is 0 Å². The molecule has 0 radical (unpaired) electrons. The van der Waals surface area contributed by atoms with Crippen molar-refractivity contribution in [3.63, 3.8) is 0 Å². The maximum absolute atomic E-state index is 4.68. The third-order valence-electron chi connectivity index (χ3n) is 0.536. The van der Waals surface area contributed by atoms with Gasteiger partial charge in [0.2, 0.25) is 0 Å². The topological polar surface area (TPSA) is 11.3 Å². The van der Waals surface area contributed by atoms with Crippen molar-refractivity contribution in [2.45, 2.75) is 13.8 Å². The van der Waals surface area contributed by atoms with E-state index >= 15 is 0 Å². The van der Waals surface area contributed by atoms with E-state index in [1.54, 1.807) is 12.5 Å². The van der Waals surface area contributed by atoms with Crippen LogP contribution >= 0.6 is 0 Å². The first kappa shape index (κ1) is 7.15. The molecule has 0 atom stereocenters. The van der Waals surface area contributed by atoms with Gasteiger partial charge in [-0.25, -0.2) is 4.42 Å². The fraction of sp³-hybridized carbons (Fsp3) is 0.286. The van der Waals surface area contributed by atoms with Crippen LogP contribution in [0.4, 0.5) is 0 Å². The molecular formula is C7H11O+. The van der Waals surface area contributed by atoms with Crippen LogP contribution in [0, 0.1) is 0 Å². The molecule has 1 aromatic rings. The highest BCUT2D eigenvalue weighted by molar-refractivity contribution is 4.84. The first-order chi connectivity index (χ1) is 4.00. The van der Waals surface area contributed by atoms with E-state index in [2.05, 4.69) is 4.42 Å².